The SMILES string of the molecule is CCC(O)N(CCCN)C(C)=O. The van der Waals surface area contributed by atoms with Crippen LogP contribution in [0.15, 0.2) is 0 Å². The van der Waals surface area contributed by atoms with Gasteiger partial charge in [0.2, 0.25) is 5.91 Å². The van der Waals surface area contributed by atoms with Crippen molar-refractivity contribution in [2.45, 2.75) is 32.9 Å². The Balaban J connectivity index is 3.94. The van der Waals surface area contributed by atoms with Crippen LogP contribution in [0, 0.1) is 0 Å². The van der Waals surface area contributed by atoms with E-state index in [1.54, 1.807) is 0 Å². The number of aliphatic hydroxyl groups is 1. The molecule has 0 fully saturated rings. The van der Waals surface area contributed by atoms with Crippen LogP contribution in [0.5, 0.6) is 0 Å². The van der Waals surface area contributed by atoms with Gasteiger partial charge in [-0.2, -0.15) is 0 Å². The molecule has 0 aliphatic carbocycles. The minimum absolute atomic E-state index is 0.0993. The van der Waals surface area contributed by atoms with Gasteiger partial charge in [-0.05, 0) is 19.4 Å². The Hall–Kier alpha value is -0.610. The van der Waals surface area contributed by atoms with Crippen molar-refractivity contribution >= 4 is 5.91 Å². The summed E-state index contributed by atoms with van der Waals surface area (Å²) in [4.78, 5) is 12.4. The van der Waals surface area contributed by atoms with Crippen molar-refractivity contribution in [1.82, 2.24) is 4.90 Å². The zero-order valence-corrected chi connectivity index (χ0v) is 7.79. The number of amides is 1. The zero-order chi connectivity index (χ0) is 9.56. The normalized spacial score (nSPS) is 12.7. The summed E-state index contributed by atoms with van der Waals surface area (Å²) in [5, 5.41) is 9.38. The van der Waals surface area contributed by atoms with E-state index >= 15 is 0 Å². The number of hydrogen-bond acceptors (Lipinski definition) is 3. The van der Waals surface area contributed by atoms with E-state index in [0.717, 1.165) is 6.42 Å². The van der Waals surface area contributed by atoms with E-state index in [1.165, 1.54) is 11.8 Å². The number of hydrogen-bond donors (Lipinski definition) is 2. The van der Waals surface area contributed by atoms with E-state index in [-0.39, 0.29) is 5.91 Å². The standard InChI is InChI=1S/C8H18N2O2/c1-3-8(12)10(7(2)11)6-4-5-9/h8,12H,3-6,9H2,1-2H3. The molecule has 0 radical (unpaired) electrons. The molecular weight excluding hydrogens is 156 g/mol. The molecular formula is C8H18N2O2. The van der Waals surface area contributed by atoms with Gasteiger partial charge in [0.15, 0.2) is 0 Å². The van der Waals surface area contributed by atoms with E-state index < -0.39 is 6.23 Å². The molecule has 4 heteroatoms. The first-order valence-corrected chi connectivity index (χ1v) is 4.28. The number of carbonyl (C=O) groups excluding carboxylic acids is 1. The highest BCUT2D eigenvalue weighted by Crippen LogP contribution is 2.01. The molecule has 0 aliphatic heterocycles. The minimum Gasteiger partial charge on any atom is -0.374 e. The summed E-state index contributed by atoms with van der Waals surface area (Å²) in [5.74, 6) is -0.0993. The van der Waals surface area contributed by atoms with E-state index in [4.69, 9.17) is 5.73 Å². The van der Waals surface area contributed by atoms with Gasteiger partial charge in [0.25, 0.3) is 0 Å². The highest BCUT2D eigenvalue weighted by atomic mass is 16.3. The summed E-state index contributed by atoms with van der Waals surface area (Å²) in [7, 11) is 0. The predicted molar refractivity (Wildman–Crippen MR) is 47.4 cm³/mol. The Morgan fingerprint density at radius 2 is 2.25 bits per heavy atom. The van der Waals surface area contributed by atoms with Crippen LogP contribution < -0.4 is 5.73 Å². The molecule has 0 heterocycles. The number of nitrogens with two attached hydrogens (primary N) is 1. The largest absolute Gasteiger partial charge is 0.374 e. The fourth-order valence-electron chi connectivity index (χ4n) is 0.998. The second kappa shape index (κ2) is 5.97. The second-order valence-corrected chi connectivity index (χ2v) is 2.74. The average molecular weight is 174 g/mol. The zero-order valence-electron chi connectivity index (χ0n) is 7.79. The lowest BCUT2D eigenvalue weighted by Gasteiger charge is -2.25. The molecule has 1 atom stereocenters. The van der Waals surface area contributed by atoms with Crippen molar-refractivity contribution in [2.75, 3.05) is 13.1 Å². The molecule has 0 aromatic heterocycles. The third kappa shape index (κ3) is 3.69. The summed E-state index contributed by atoms with van der Waals surface area (Å²) >= 11 is 0. The molecule has 0 aliphatic rings. The second-order valence-electron chi connectivity index (χ2n) is 2.74. The third-order valence-corrected chi connectivity index (χ3v) is 1.73. The van der Waals surface area contributed by atoms with Crippen LogP contribution in [0.1, 0.15) is 26.7 Å². The first-order chi connectivity index (χ1) is 5.63. The predicted octanol–water partition coefficient (Wildman–Crippen LogP) is -0.0879. The molecule has 3 N–H and O–H groups in total. The molecule has 0 aromatic rings. The van der Waals surface area contributed by atoms with Crippen LogP contribution >= 0.6 is 0 Å². The Morgan fingerprint density at radius 1 is 1.67 bits per heavy atom. The molecule has 4 nitrogen and oxygen atoms in total. The van der Waals surface area contributed by atoms with Crippen molar-refractivity contribution < 1.29 is 9.90 Å². The Bertz CT molecular complexity index is 139. The summed E-state index contributed by atoms with van der Waals surface area (Å²) in [6, 6.07) is 0. The first-order valence-electron chi connectivity index (χ1n) is 4.28. The molecule has 0 aromatic carbocycles. The summed E-state index contributed by atoms with van der Waals surface area (Å²) in [6.45, 7) is 4.37. The number of carbonyl (C=O) groups is 1. The molecule has 0 saturated carbocycles. The lowest BCUT2D eigenvalue weighted by Crippen LogP contribution is -2.39. The monoisotopic (exact) mass is 174 g/mol. The van der Waals surface area contributed by atoms with Crippen LogP contribution in [-0.4, -0.2) is 35.2 Å². The molecule has 12 heavy (non-hydrogen) atoms. The van der Waals surface area contributed by atoms with Gasteiger partial charge in [0.05, 0.1) is 0 Å². The fraction of sp³-hybridized carbons (Fsp3) is 0.875. The van der Waals surface area contributed by atoms with Crippen LogP contribution in [0.3, 0.4) is 0 Å². The van der Waals surface area contributed by atoms with E-state index in [2.05, 4.69) is 0 Å². The molecule has 0 spiro atoms. The van der Waals surface area contributed by atoms with Gasteiger partial charge in [0.1, 0.15) is 6.23 Å². The molecule has 72 valence electrons. The molecule has 0 bridgehead atoms. The van der Waals surface area contributed by atoms with Crippen molar-refractivity contribution in [3.8, 4) is 0 Å². The quantitative estimate of drug-likeness (QED) is 0.572. The van der Waals surface area contributed by atoms with E-state index in [1.807, 2.05) is 6.92 Å². The van der Waals surface area contributed by atoms with Gasteiger partial charge in [-0.1, -0.05) is 6.92 Å². The highest BCUT2D eigenvalue weighted by Gasteiger charge is 2.15. The Labute approximate surface area is 73.3 Å². The van der Waals surface area contributed by atoms with Gasteiger partial charge in [0, 0.05) is 13.5 Å². The average Bonchev–Trinajstić information content (AvgIpc) is 2.04. The maximum Gasteiger partial charge on any atom is 0.221 e. The Kier molecular flexibility index (Phi) is 5.66. The summed E-state index contributed by atoms with van der Waals surface area (Å²) in [5.41, 5.74) is 5.30. The summed E-state index contributed by atoms with van der Waals surface area (Å²) < 4.78 is 0. The molecule has 1 unspecified atom stereocenters. The highest BCUT2D eigenvalue weighted by molar-refractivity contribution is 5.73. The van der Waals surface area contributed by atoms with Crippen molar-refractivity contribution in [3.05, 3.63) is 0 Å². The van der Waals surface area contributed by atoms with Gasteiger partial charge >= 0.3 is 0 Å². The number of aliphatic hydroxyl groups excluding tert-OH is 1. The maximum absolute atomic E-state index is 11.0. The minimum atomic E-state index is -0.658. The summed E-state index contributed by atoms with van der Waals surface area (Å²) in [6.07, 6.45) is 0.634. The smallest absolute Gasteiger partial charge is 0.221 e. The van der Waals surface area contributed by atoms with Crippen LogP contribution in [0.25, 0.3) is 0 Å². The van der Waals surface area contributed by atoms with Crippen molar-refractivity contribution in [2.24, 2.45) is 5.73 Å². The van der Waals surface area contributed by atoms with Crippen LogP contribution in [-0.2, 0) is 4.79 Å². The van der Waals surface area contributed by atoms with Gasteiger partial charge in [-0.25, -0.2) is 0 Å². The number of nitrogens with zero attached hydrogens (tertiary/aromatic N) is 1. The van der Waals surface area contributed by atoms with Gasteiger partial charge in [-0.15, -0.1) is 0 Å². The maximum atomic E-state index is 11.0. The van der Waals surface area contributed by atoms with Gasteiger partial charge in [-0.3, -0.25) is 4.79 Å². The topological polar surface area (TPSA) is 66.6 Å². The third-order valence-electron chi connectivity index (χ3n) is 1.73. The van der Waals surface area contributed by atoms with Gasteiger partial charge < -0.3 is 15.7 Å². The van der Waals surface area contributed by atoms with E-state index in [0.29, 0.717) is 19.5 Å². The lowest BCUT2D eigenvalue weighted by atomic mass is 10.3. The molecule has 0 saturated heterocycles. The van der Waals surface area contributed by atoms with Crippen molar-refractivity contribution in [1.29, 1.82) is 0 Å². The number of rotatable bonds is 5. The van der Waals surface area contributed by atoms with Crippen LogP contribution in [0.2, 0.25) is 0 Å². The molecule has 1 amide bonds. The van der Waals surface area contributed by atoms with Crippen LogP contribution in [0.4, 0.5) is 0 Å². The first kappa shape index (κ1) is 11.4. The fourth-order valence-corrected chi connectivity index (χ4v) is 0.998. The lowest BCUT2D eigenvalue weighted by molar-refractivity contribution is -0.139. The molecule has 0 rings (SSSR count). The Morgan fingerprint density at radius 3 is 2.58 bits per heavy atom. The van der Waals surface area contributed by atoms with Crippen molar-refractivity contribution in [3.63, 3.8) is 0 Å². The van der Waals surface area contributed by atoms with E-state index in [9.17, 15) is 9.90 Å².